The average molecular weight is 484 g/mol. The number of aromatic nitrogens is 5. The SMILES string of the molecule is Cc1nc(Nc2cc(N[C@@H]3CCCC[C@@H]3N)cnc2C(N)=O)ccc1-c1ccc(-n2nccn2)cc1. The average Bonchev–Trinajstić information content (AvgIpc) is 3.41. The molecule has 0 radical (unpaired) electrons. The Bertz CT molecular complexity index is 1350. The molecule has 0 bridgehead atoms. The fraction of sp³-hybridized carbons (Fsp3) is 0.269. The number of primary amides is 1. The summed E-state index contributed by atoms with van der Waals surface area (Å²) in [5, 5.41) is 15.0. The normalized spacial score (nSPS) is 17.5. The third kappa shape index (κ3) is 5.03. The lowest BCUT2D eigenvalue weighted by Crippen LogP contribution is -2.42. The van der Waals surface area contributed by atoms with Crippen molar-refractivity contribution in [2.24, 2.45) is 11.5 Å². The van der Waals surface area contributed by atoms with E-state index in [2.05, 4.69) is 25.8 Å². The van der Waals surface area contributed by atoms with Gasteiger partial charge in [-0.2, -0.15) is 15.0 Å². The Labute approximate surface area is 209 Å². The Kier molecular flexibility index (Phi) is 6.59. The van der Waals surface area contributed by atoms with E-state index in [1.807, 2.05) is 49.4 Å². The summed E-state index contributed by atoms with van der Waals surface area (Å²) in [7, 11) is 0. The van der Waals surface area contributed by atoms with Crippen LogP contribution in [0.25, 0.3) is 16.8 Å². The molecule has 1 aliphatic rings. The monoisotopic (exact) mass is 483 g/mol. The minimum absolute atomic E-state index is 0.0905. The molecular formula is C26H29N9O. The molecular weight excluding hydrogens is 454 g/mol. The quantitative estimate of drug-likeness (QED) is 0.312. The number of rotatable bonds is 7. The summed E-state index contributed by atoms with van der Waals surface area (Å²) in [5.41, 5.74) is 17.0. The van der Waals surface area contributed by atoms with Crippen molar-refractivity contribution in [2.45, 2.75) is 44.7 Å². The van der Waals surface area contributed by atoms with Crippen LogP contribution >= 0.6 is 0 Å². The van der Waals surface area contributed by atoms with Crippen molar-refractivity contribution in [1.29, 1.82) is 0 Å². The highest BCUT2D eigenvalue weighted by Crippen LogP contribution is 2.28. The van der Waals surface area contributed by atoms with Gasteiger partial charge in [-0.25, -0.2) is 9.97 Å². The molecule has 2 atom stereocenters. The molecule has 1 saturated carbocycles. The number of anilines is 3. The molecule has 10 nitrogen and oxygen atoms in total. The molecule has 5 rings (SSSR count). The smallest absolute Gasteiger partial charge is 0.269 e. The molecule has 0 aliphatic heterocycles. The summed E-state index contributed by atoms with van der Waals surface area (Å²) in [4.78, 5) is 22.6. The lowest BCUT2D eigenvalue weighted by Gasteiger charge is -2.30. The Hall–Kier alpha value is -4.31. The van der Waals surface area contributed by atoms with E-state index in [4.69, 9.17) is 16.5 Å². The van der Waals surface area contributed by atoms with Crippen LogP contribution in [0.15, 0.2) is 61.1 Å². The van der Waals surface area contributed by atoms with Gasteiger partial charge in [-0.05, 0) is 55.7 Å². The van der Waals surface area contributed by atoms with Crippen LogP contribution in [0.4, 0.5) is 17.2 Å². The number of benzene rings is 1. The number of nitrogens with two attached hydrogens (primary N) is 2. The summed E-state index contributed by atoms with van der Waals surface area (Å²) in [6.45, 7) is 1.94. The number of hydrogen-bond donors (Lipinski definition) is 4. The van der Waals surface area contributed by atoms with Gasteiger partial charge in [0.2, 0.25) is 0 Å². The molecule has 6 N–H and O–H groups in total. The van der Waals surface area contributed by atoms with Gasteiger partial charge in [0.05, 0.1) is 35.7 Å². The molecule has 36 heavy (non-hydrogen) atoms. The van der Waals surface area contributed by atoms with E-state index in [0.717, 1.165) is 53.9 Å². The first kappa shape index (κ1) is 23.4. The molecule has 0 unspecified atom stereocenters. The molecule has 184 valence electrons. The molecule has 1 aromatic carbocycles. The number of aryl methyl sites for hydroxylation is 1. The maximum atomic E-state index is 12.0. The first-order chi connectivity index (χ1) is 17.5. The first-order valence-electron chi connectivity index (χ1n) is 12.0. The lowest BCUT2D eigenvalue weighted by atomic mass is 9.91. The lowest BCUT2D eigenvalue weighted by molar-refractivity contribution is 0.0996. The first-order valence-corrected chi connectivity index (χ1v) is 12.0. The summed E-state index contributed by atoms with van der Waals surface area (Å²) < 4.78 is 0. The number of carbonyl (C=O) groups is 1. The van der Waals surface area contributed by atoms with Crippen molar-refractivity contribution in [3.8, 4) is 16.8 Å². The van der Waals surface area contributed by atoms with E-state index < -0.39 is 5.91 Å². The third-order valence-corrected chi connectivity index (χ3v) is 6.47. The topological polar surface area (TPSA) is 150 Å². The maximum Gasteiger partial charge on any atom is 0.269 e. The van der Waals surface area contributed by atoms with E-state index in [1.165, 1.54) is 0 Å². The Morgan fingerprint density at radius 1 is 1.06 bits per heavy atom. The van der Waals surface area contributed by atoms with E-state index in [0.29, 0.717) is 11.5 Å². The fourth-order valence-corrected chi connectivity index (χ4v) is 4.59. The van der Waals surface area contributed by atoms with Crippen molar-refractivity contribution >= 4 is 23.1 Å². The molecule has 1 aliphatic carbocycles. The molecule has 10 heteroatoms. The largest absolute Gasteiger partial charge is 0.379 e. The molecule has 0 saturated heterocycles. The summed E-state index contributed by atoms with van der Waals surface area (Å²) in [5.74, 6) is -0.0250. The van der Waals surface area contributed by atoms with Gasteiger partial charge in [0.25, 0.3) is 5.91 Å². The highest BCUT2D eigenvalue weighted by atomic mass is 16.1. The van der Waals surface area contributed by atoms with Crippen LogP contribution in [0.5, 0.6) is 0 Å². The van der Waals surface area contributed by atoms with Crippen LogP contribution in [-0.2, 0) is 0 Å². The van der Waals surface area contributed by atoms with Crippen LogP contribution < -0.4 is 22.1 Å². The molecule has 4 aromatic rings. The zero-order valence-corrected chi connectivity index (χ0v) is 20.1. The number of nitrogens with zero attached hydrogens (tertiary/aromatic N) is 5. The molecule has 3 aromatic heterocycles. The molecule has 1 fully saturated rings. The highest BCUT2D eigenvalue weighted by molar-refractivity contribution is 5.97. The third-order valence-electron chi connectivity index (χ3n) is 6.47. The van der Waals surface area contributed by atoms with Gasteiger partial charge < -0.3 is 22.1 Å². The van der Waals surface area contributed by atoms with Gasteiger partial charge in [0.15, 0.2) is 5.69 Å². The summed E-state index contributed by atoms with van der Waals surface area (Å²) in [6.07, 6.45) is 9.19. The maximum absolute atomic E-state index is 12.0. The van der Waals surface area contributed by atoms with Crippen LogP contribution in [-0.4, -0.2) is 43.0 Å². The van der Waals surface area contributed by atoms with E-state index >= 15 is 0 Å². The Morgan fingerprint density at radius 2 is 1.81 bits per heavy atom. The Morgan fingerprint density at radius 3 is 2.50 bits per heavy atom. The molecule has 1 amide bonds. The number of pyridine rings is 2. The van der Waals surface area contributed by atoms with Gasteiger partial charge in [-0.15, -0.1) is 0 Å². The predicted molar refractivity (Wildman–Crippen MR) is 139 cm³/mol. The van der Waals surface area contributed by atoms with Gasteiger partial charge in [0, 0.05) is 23.3 Å². The van der Waals surface area contributed by atoms with Crippen molar-refractivity contribution in [3.05, 3.63) is 72.4 Å². The minimum Gasteiger partial charge on any atom is -0.379 e. The van der Waals surface area contributed by atoms with Gasteiger partial charge in [0.1, 0.15) is 5.82 Å². The fourth-order valence-electron chi connectivity index (χ4n) is 4.59. The predicted octanol–water partition coefficient (Wildman–Crippen LogP) is 3.56. The van der Waals surface area contributed by atoms with Crippen LogP contribution in [0.3, 0.4) is 0 Å². The standard InChI is InChI=1S/C26H29N9O/c1-16-20(17-6-8-19(9-7-17)35-30-12-13-31-35)10-11-24(32-16)34-23-14-18(15-29-25(23)26(28)36)33-22-5-3-2-4-21(22)27/h6-15,21-22,33H,2-5,27H2,1H3,(H2,28,36)(H,32,34)/t21-,22+/m0/s1. The zero-order valence-electron chi connectivity index (χ0n) is 20.1. The second-order valence-electron chi connectivity index (χ2n) is 9.00. The second kappa shape index (κ2) is 10.1. The number of nitrogens with one attached hydrogen (secondary N) is 2. The van der Waals surface area contributed by atoms with Crippen LogP contribution in [0.2, 0.25) is 0 Å². The number of amides is 1. The highest BCUT2D eigenvalue weighted by Gasteiger charge is 2.22. The van der Waals surface area contributed by atoms with Crippen molar-refractivity contribution in [3.63, 3.8) is 0 Å². The van der Waals surface area contributed by atoms with Crippen LogP contribution in [0, 0.1) is 6.92 Å². The summed E-state index contributed by atoms with van der Waals surface area (Å²) in [6, 6.07) is 13.9. The summed E-state index contributed by atoms with van der Waals surface area (Å²) >= 11 is 0. The molecule has 3 heterocycles. The molecule has 0 spiro atoms. The van der Waals surface area contributed by atoms with Crippen molar-refractivity contribution in [1.82, 2.24) is 25.0 Å². The minimum atomic E-state index is -0.612. The van der Waals surface area contributed by atoms with Crippen molar-refractivity contribution < 1.29 is 4.79 Å². The van der Waals surface area contributed by atoms with E-state index in [9.17, 15) is 4.79 Å². The van der Waals surface area contributed by atoms with E-state index in [-0.39, 0.29) is 17.8 Å². The zero-order chi connectivity index (χ0) is 25.1. The van der Waals surface area contributed by atoms with E-state index in [1.54, 1.807) is 23.4 Å². The Balaban J connectivity index is 1.37. The van der Waals surface area contributed by atoms with Crippen molar-refractivity contribution in [2.75, 3.05) is 10.6 Å². The number of hydrogen-bond acceptors (Lipinski definition) is 8. The van der Waals surface area contributed by atoms with Crippen LogP contribution in [0.1, 0.15) is 41.9 Å². The van der Waals surface area contributed by atoms with Gasteiger partial charge in [-0.3, -0.25) is 4.79 Å². The number of carbonyl (C=O) groups excluding carboxylic acids is 1. The van der Waals surface area contributed by atoms with Gasteiger partial charge >= 0.3 is 0 Å². The van der Waals surface area contributed by atoms with Gasteiger partial charge in [-0.1, -0.05) is 25.0 Å². The second-order valence-corrected chi connectivity index (χ2v) is 9.00.